The van der Waals surface area contributed by atoms with Crippen LogP contribution < -0.4 is 10.1 Å². The summed E-state index contributed by atoms with van der Waals surface area (Å²) in [7, 11) is 1.75. The van der Waals surface area contributed by atoms with Gasteiger partial charge in [-0.1, -0.05) is 45.4 Å². The molecular formula is C19H31NO. The van der Waals surface area contributed by atoms with E-state index in [1.807, 2.05) is 12.1 Å². The quantitative estimate of drug-likeness (QED) is 0.813. The molecule has 21 heavy (non-hydrogen) atoms. The molecule has 1 fully saturated rings. The van der Waals surface area contributed by atoms with E-state index in [1.165, 1.54) is 37.7 Å². The van der Waals surface area contributed by atoms with Gasteiger partial charge >= 0.3 is 0 Å². The first kappa shape index (κ1) is 16.4. The molecule has 1 aliphatic carbocycles. The summed E-state index contributed by atoms with van der Waals surface area (Å²) in [4.78, 5) is 0. The molecule has 0 bridgehead atoms. The van der Waals surface area contributed by atoms with Crippen LogP contribution >= 0.6 is 0 Å². The van der Waals surface area contributed by atoms with E-state index < -0.39 is 0 Å². The average Bonchev–Trinajstić information content (AvgIpc) is 2.53. The average molecular weight is 289 g/mol. The van der Waals surface area contributed by atoms with E-state index in [1.54, 1.807) is 7.11 Å². The standard InChI is InChI=1S/C19H31NO/c1-5-19(2,3)16-10-12-17(13-11-16)20-14-15-8-6-7-9-18(15)21-4/h6-9,16-17,20H,5,10-14H2,1-4H3. The summed E-state index contributed by atoms with van der Waals surface area (Å²) >= 11 is 0. The minimum absolute atomic E-state index is 0.508. The topological polar surface area (TPSA) is 21.3 Å². The lowest BCUT2D eigenvalue weighted by Crippen LogP contribution is -2.36. The maximum atomic E-state index is 5.42. The molecule has 1 aromatic carbocycles. The van der Waals surface area contributed by atoms with Gasteiger partial charge in [0.1, 0.15) is 5.75 Å². The van der Waals surface area contributed by atoms with Crippen molar-refractivity contribution in [2.24, 2.45) is 11.3 Å². The third-order valence-corrected chi connectivity index (χ3v) is 5.52. The molecule has 2 nitrogen and oxygen atoms in total. The van der Waals surface area contributed by atoms with Crippen molar-refractivity contribution in [3.8, 4) is 5.75 Å². The molecule has 0 saturated heterocycles. The van der Waals surface area contributed by atoms with Crippen LogP contribution in [0.4, 0.5) is 0 Å². The fourth-order valence-corrected chi connectivity index (χ4v) is 3.47. The Morgan fingerprint density at radius 3 is 2.43 bits per heavy atom. The van der Waals surface area contributed by atoms with E-state index in [0.29, 0.717) is 11.5 Å². The number of ether oxygens (including phenoxy) is 1. The van der Waals surface area contributed by atoms with Gasteiger partial charge in [-0.15, -0.1) is 0 Å². The maximum Gasteiger partial charge on any atom is 0.123 e. The van der Waals surface area contributed by atoms with E-state index in [-0.39, 0.29) is 0 Å². The fourth-order valence-electron chi connectivity index (χ4n) is 3.47. The van der Waals surface area contributed by atoms with E-state index in [2.05, 4.69) is 38.2 Å². The summed E-state index contributed by atoms with van der Waals surface area (Å²) in [6.45, 7) is 8.10. The molecule has 0 atom stereocenters. The van der Waals surface area contributed by atoms with Crippen LogP contribution in [0, 0.1) is 11.3 Å². The summed E-state index contributed by atoms with van der Waals surface area (Å²) in [5, 5.41) is 3.72. The SMILES string of the molecule is CCC(C)(C)C1CCC(NCc2ccccc2OC)CC1. The largest absolute Gasteiger partial charge is 0.496 e. The number of hydrogen-bond donors (Lipinski definition) is 1. The van der Waals surface area contributed by atoms with E-state index in [9.17, 15) is 0 Å². The monoisotopic (exact) mass is 289 g/mol. The molecule has 1 aliphatic rings. The van der Waals surface area contributed by atoms with Crippen molar-refractivity contribution >= 4 is 0 Å². The highest BCUT2D eigenvalue weighted by atomic mass is 16.5. The molecule has 1 N–H and O–H groups in total. The summed E-state index contributed by atoms with van der Waals surface area (Å²) in [6, 6.07) is 8.97. The predicted octanol–water partition coefficient (Wildman–Crippen LogP) is 4.78. The lowest BCUT2D eigenvalue weighted by Gasteiger charge is -2.39. The van der Waals surface area contributed by atoms with Crippen LogP contribution in [0.3, 0.4) is 0 Å². The summed E-state index contributed by atoms with van der Waals surface area (Å²) in [6.07, 6.45) is 6.64. The Labute approximate surface area is 130 Å². The number of para-hydroxylation sites is 1. The Morgan fingerprint density at radius 1 is 1.14 bits per heavy atom. The zero-order valence-corrected chi connectivity index (χ0v) is 14.1. The van der Waals surface area contributed by atoms with Gasteiger partial charge in [-0.25, -0.2) is 0 Å². The summed E-state index contributed by atoms with van der Waals surface area (Å²) < 4.78 is 5.42. The van der Waals surface area contributed by atoms with Crippen LogP contribution in [-0.4, -0.2) is 13.2 Å². The molecule has 0 spiro atoms. The third kappa shape index (κ3) is 4.23. The highest BCUT2D eigenvalue weighted by Crippen LogP contribution is 2.40. The predicted molar refractivity (Wildman–Crippen MR) is 89.7 cm³/mol. The van der Waals surface area contributed by atoms with Crippen LogP contribution in [0.25, 0.3) is 0 Å². The van der Waals surface area contributed by atoms with Gasteiger partial charge in [0.25, 0.3) is 0 Å². The Kier molecular flexibility index (Phi) is 5.69. The highest BCUT2D eigenvalue weighted by molar-refractivity contribution is 5.33. The van der Waals surface area contributed by atoms with Crippen molar-refractivity contribution in [3.05, 3.63) is 29.8 Å². The van der Waals surface area contributed by atoms with Gasteiger partial charge in [0.15, 0.2) is 0 Å². The van der Waals surface area contributed by atoms with Crippen LogP contribution in [0.2, 0.25) is 0 Å². The Bertz CT molecular complexity index is 433. The summed E-state index contributed by atoms with van der Waals surface area (Å²) in [5.74, 6) is 1.89. The maximum absolute atomic E-state index is 5.42. The molecule has 2 heteroatoms. The third-order valence-electron chi connectivity index (χ3n) is 5.52. The first-order valence-electron chi connectivity index (χ1n) is 8.42. The van der Waals surface area contributed by atoms with Crippen LogP contribution in [0.15, 0.2) is 24.3 Å². The van der Waals surface area contributed by atoms with Crippen LogP contribution in [-0.2, 0) is 6.54 Å². The van der Waals surface area contributed by atoms with Gasteiger partial charge < -0.3 is 10.1 Å². The number of nitrogens with one attached hydrogen (secondary N) is 1. The van der Waals surface area contributed by atoms with Gasteiger partial charge in [0.2, 0.25) is 0 Å². The van der Waals surface area contributed by atoms with Crippen molar-refractivity contribution in [3.63, 3.8) is 0 Å². The lowest BCUT2D eigenvalue weighted by atomic mass is 9.69. The summed E-state index contributed by atoms with van der Waals surface area (Å²) in [5.41, 5.74) is 1.77. The van der Waals surface area contributed by atoms with Crippen molar-refractivity contribution in [2.45, 2.75) is 65.5 Å². The minimum Gasteiger partial charge on any atom is -0.496 e. The van der Waals surface area contributed by atoms with Gasteiger partial charge in [0, 0.05) is 18.2 Å². The van der Waals surface area contributed by atoms with Gasteiger partial charge in [0.05, 0.1) is 7.11 Å². The molecule has 0 heterocycles. The molecule has 0 aliphatic heterocycles. The van der Waals surface area contributed by atoms with Crippen LogP contribution in [0.1, 0.15) is 58.4 Å². The zero-order valence-electron chi connectivity index (χ0n) is 14.1. The van der Waals surface area contributed by atoms with Crippen LogP contribution in [0.5, 0.6) is 5.75 Å². The number of hydrogen-bond acceptors (Lipinski definition) is 2. The molecule has 0 unspecified atom stereocenters. The number of rotatable bonds is 6. The molecule has 0 radical (unpaired) electrons. The molecule has 2 rings (SSSR count). The Hall–Kier alpha value is -1.02. The molecule has 0 amide bonds. The molecule has 1 aromatic rings. The smallest absolute Gasteiger partial charge is 0.123 e. The molecule has 0 aromatic heterocycles. The van der Waals surface area contributed by atoms with Gasteiger partial charge in [-0.2, -0.15) is 0 Å². The minimum atomic E-state index is 0.508. The first-order chi connectivity index (χ1) is 10.1. The molecule has 118 valence electrons. The second-order valence-electron chi connectivity index (χ2n) is 7.08. The Balaban J connectivity index is 1.82. The van der Waals surface area contributed by atoms with E-state index in [4.69, 9.17) is 4.74 Å². The molecule has 1 saturated carbocycles. The van der Waals surface area contributed by atoms with Crippen molar-refractivity contribution in [1.29, 1.82) is 0 Å². The normalized spacial score (nSPS) is 23.0. The van der Waals surface area contributed by atoms with Gasteiger partial charge in [-0.3, -0.25) is 0 Å². The van der Waals surface area contributed by atoms with Crippen molar-refractivity contribution in [2.75, 3.05) is 7.11 Å². The van der Waals surface area contributed by atoms with Crippen molar-refractivity contribution < 1.29 is 4.74 Å². The second-order valence-corrected chi connectivity index (χ2v) is 7.08. The number of methoxy groups -OCH3 is 1. The first-order valence-corrected chi connectivity index (χ1v) is 8.42. The van der Waals surface area contributed by atoms with Gasteiger partial charge in [-0.05, 0) is 43.1 Å². The zero-order chi connectivity index (χ0) is 15.3. The second kappa shape index (κ2) is 7.31. The molecular weight excluding hydrogens is 258 g/mol. The Morgan fingerprint density at radius 2 is 1.81 bits per heavy atom. The van der Waals surface area contributed by atoms with E-state index in [0.717, 1.165) is 18.2 Å². The van der Waals surface area contributed by atoms with Crippen molar-refractivity contribution in [1.82, 2.24) is 5.32 Å². The number of benzene rings is 1. The highest BCUT2D eigenvalue weighted by Gasteiger charge is 2.31. The lowest BCUT2D eigenvalue weighted by molar-refractivity contribution is 0.136. The van der Waals surface area contributed by atoms with E-state index >= 15 is 0 Å². The fraction of sp³-hybridized carbons (Fsp3) is 0.684.